The van der Waals surface area contributed by atoms with Crippen LogP contribution in [0.15, 0.2) is 59.1 Å². The third-order valence-corrected chi connectivity index (χ3v) is 8.74. The Kier molecular flexibility index (Phi) is 7.12. The quantitative estimate of drug-likeness (QED) is 0.214. The SMILES string of the molecule is CN(C)C1C(O)=C(C(N)=O)C(=O)C2(O)C(O)=C3C(=O)c4c(O)ccc(C#Cc5ccc(NS(C)(=O)=O)cc5)c4CC3CC12. The molecule has 5 rings (SSSR count). The van der Waals surface area contributed by atoms with Crippen LogP contribution in [0.3, 0.4) is 0 Å². The van der Waals surface area contributed by atoms with Crippen LogP contribution >= 0.6 is 0 Å². The summed E-state index contributed by atoms with van der Waals surface area (Å²) in [7, 11) is -0.331. The number of ketones is 2. The Morgan fingerprint density at radius 2 is 1.72 bits per heavy atom. The van der Waals surface area contributed by atoms with Crippen molar-refractivity contribution in [3.63, 3.8) is 0 Å². The van der Waals surface area contributed by atoms with E-state index in [0.717, 1.165) is 6.26 Å². The van der Waals surface area contributed by atoms with Crippen LogP contribution in [0.25, 0.3) is 0 Å². The van der Waals surface area contributed by atoms with Gasteiger partial charge in [-0.2, -0.15) is 0 Å². The molecular weight excluding hydrogens is 578 g/mol. The number of nitrogens with one attached hydrogen (secondary N) is 1. The Morgan fingerprint density at radius 1 is 1.07 bits per heavy atom. The number of carbonyl (C=O) groups excluding carboxylic acids is 3. The van der Waals surface area contributed by atoms with Gasteiger partial charge < -0.3 is 26.2 Å². The maximum absolute atomic E-state index is 13.8. The van der Waals surface area contributed by atoms with E-state index in [-0.39, 0.29) is 29.7 Å². The number of aliphatic hydroxyl groups is 3. The van der Waals surface area contributed by atoms with Crippen molar-refractivity contribution in [2.45, 2.75) is 24.5 Å². The Balaban J connectivity index is 1.59. The number of nitrogens with zero attached hydrogens (tertiary/aromatic N) is 1. The fourth-order valence-electron chi connectivity index (χ4n) is 6.34. The molecule has 0 saturated carbocycles. The molecule has 0 heterocycles. The van der Waals surface area contributed by atoms with E-state index >= 15 is 0 Å². The van der Waals surface area contributed by atoms with E-state index in [4.69, 9.17) is 5.73 Å². The number of allylic oxidation sites excluding steroid dienone is 1. The monoisotopic (exact) mass is 607 g/mol. The van der Waals surface area contributed by atoms with Gasteiger partial charge in [-0.1, -0.05) is 11.8 Å². The molecule has 224 valence electrons. The first-order valence-electron chi connectivity index (χ1n) is 13.2. The molecule has 12 nitrogen and oxygen atoms in total. The van der Waals surface area contributed by atoms with E-state index in [1.54, 1.807) is 44.4 Å². The first-order chi connectivity index (χ1) is 20.1. The van der Waals surface area contributed by atoms with Crippen LogP contribution in [0.5, 0.6) is 5.75 Å². The number of likely N-dealkylation sites (N-methyl/N-ethyl adjacent to an activating group) is 1. The molecule has 0 saturated heterocycles. The topological polar surface area (TPSA) is 208 Å². The van der Waals surface area contributed by atoms with Crippen LogP contribution in [0.2, 0.25) is 0 Å². The summed E-state index contributed by atoms with van der Waals surface area (Å²) in [5, 5.41) is 44.6. The molecule has 0 fully saturated rings. The summed E-state index contributed by atoms with van der Waals surface area (Å²) in [4.78, 5) is 40.8. The fourth-order valence-corrected chi connectivity index (χ4v) is 6.91. The van der Waals surface area contributed by atoms with Crippen molar-refractivity contribution in [1.82, 2.24) is 4.90 Å². The second-order valence-corrected chi connectivity index (χ2v) is 12.9. The highest BCUT2D eigenvalue weighted by molar-refractivity contribution is 7.92. The average molecular weight is 608 g/mol. The number of carbonyl (C=O) groups is 3. The van der Waals surface area contributed by atoms with Gasteiger partial charge in [0.15, 0.2) is 11.4 Å². The van der Waals surface area contributed by atoms with Gasteiger partial charge in [-0.15, -0.1) is 0 Å². The molecule has 3 aliphatic rings. The minimum atomic E-state index is -3.45. The summed E-state index contributed by atoms with van der Waals surface area (Å²) in [6, 6.07) is 8.05. The molecule has 43 heavy (non-hydrogen) atoms. The number of aliphatic hydroxyl groups excluding tert-OH is 2. The molecular formula is C30H29N3O9S. The van der Waals surface area contributed by atoms with Crippen molar-refractivity contribution in [3.8, 4) is 17.6 Å². The van der Waals surface area contributed by atoms with Crippen LogP contribution < -0.4 is 10.5 Å². The number of hydrogen-bond donors (Lipinski definition) is 6. The van der Waals surface area contributed by atoms with E-state index in [0.29, 0.717) is 22.4 Å². The average Bonchev–Trinajstić information content (AvgIpc) is 2.90. The number of anilines is 1. The second kappa shape index (κ2) is 10.3. The zero-order valence-corrected chi connectivity index (χ0v) is 24.2. The standard InChI is InChI=1S/C30H29N3O9S/c1-33(2)24-19-13-16-12-18-15(7-4-14-5-9-17(10-6-14)32-43(3,41)42)8-11-20(34)22(18)25(35)21(16)27(37)30(19,40)28(38)23(26(24)36)29(31)39/h5-6,8-11,16,19,24,32,34,36-37,40H,12-13H2,1-3H3,(H2,31,39). The number of amides is 1. The molecule has 2 aromatic rings. The third-order valence-electron chi connectivity index (χ3n) is 8.14. The minimum absolute atomic E-state index is 0.0386. The van der Waals surface area contributed by atoms with Crippen molar-refractivity contribution < 1.29 is 43.2 Å². The lowest BCUT2D eigenvalue weighted by Gasteiger charge is -2.50. The van der Waals surface area contributed by atoms with Gasteiger partial charge in [-0.25, -0.2) is 8.42 Å². The smallest absolute Gasteiger partial charge is 0.255 e. The van der Waals surface area contributed by atoms with Crippen molar-refractivity contribution in [2.75, 3.05) is 25.1 Å². The number of primary amides is 1. The molecule has 0 aliphatic heterocycles. The second-order valence-electron chi connectivity index (χ2n) is 11.2. The maximum atomic E-state index is 13.8. The normalized spacial score (nSPS) is 25.0. The minimum Gasteiger partial charge on any atom is -0.510 e. The number of fused-ring (bicyclic) bond motifs is 3. The molecule has 0 radical (unpaired) electrons. The van der Waals surface area contributed by atoms with Gasteiger partial charge in [0.25, 0.3) is 5.91 Å². The summed E-state index contributed by atoms with van der Waals surface area (Å²) >= 11 is 0. The van der Waals surface area contributed by atoms with Gasteiger partial charge in [0.2, 0.25) is 15.8 Å². The summed E-state index contributed by atoms with van der Waals surface area (Å²) in [6.45, 7) is 0. The number of hydrogen-bond acceptors (Lipinski definition) is 10. The Morgan fingerprint density at radius 3 is 2.30 bits per heavy atom. The number of rotatable bonds is 4. The summed E-state index contributed by atoms with van der Waals surface area (Å²) in [5.41, 5.74) is 3.11. The lowest BCUT2D eigenvalue weighted by molar-refractivity contribution is -0.148. The number of phenols is 1. The number of phenolic OH excluding ortho intramolecular Hbond substituents is 1. The summed E-state index contributed by atoms with van der Waals surface area (Å²) in [5.74, 6) is -1.26. The van der Waals surface area contributed by atoms with Crippen LogP contribution in [0.1, 0.15) is 33.5 Å². The maximum Gasteiger partial charge on any atom is 0.255 e. The predicted molar refractivity (Wildman–Crippen MR) is 155 cm³/mol. The predicted octanol–water partition coefficient (Wildman–Crippen LogP) is 0.892. The van der Waals surface area contributed by atoms with Crippen molar-refractivity contribution in [2.24, 2.45) is 17.6 Å². The summed E-state index contributed by atoms with van der Waals surface area (Å²) in [6.07, 6.45) is 1.10. The highest BCUT2D eigenvalue weighted by Crippen LogP contribution is 2.52. The van der Waals surface area contributed by atoms with Crippen LogP contribution in [0, 0.1) is 23.7 Å². The number of aromatic hydroxyl groups is 1. The van der Waals surface area contributed by atoms with Crippen molar-refractivity contribution in [1.29, 1.82) is 0 Å². The molecule has 13 heteroatoms. The highest BCUT2D eigenvalue weighted by atomic mass is 32.2. The lowest BCUT2D eigenvalue weighted by Crippen LogP contribution is -2.63. The Hall–Kier alpha value is -4.64. The molecule has 0 bridgehead atoms. The zero-order chi connectivity index (χ0) is 31.6. The van der Waals surface area contributed by atoms with Gasteiger partial charge in [0.05, 0.1) is 17.9 Å². The number of benzene rings is 2. The lowest BCUT2D eigenvalue weighted by atomic mass is 9.58. The number of Topliss-reactive ketones (excluding diaryl/α,β-unsaturated/α-hetero) is 2. The van der Waals surface area contributed by atoms with Gasteiger partial charge in [0, 0.05) is 28.3 Å². The fraction of sp³-hybridized carbons (Fsp3) is 0.300. The van der Waals surface area contributed by atoms with E-state index in [1.807, 2.05) is 0 Å². The van der Waals surface area contributed by atoms with Gasteiger partial charge >= 0.3 is 0 Å². The Bertz CT molecular complexity index is 1830. The molecule has 2 aromatic carbocycles. The number of sulfonamides is 1. The van der Waals surface area contributed by atoms with Crippen LogP contribution in [0.4, 0.5) is 5.69 Å². The van der Waals surface area contributed by atoms with E-state index in [1.165, 1.54) is 11.0 Å². The van der Waals surface area contributed by atoms with Gasteiger partial charge in [0.1, 0.15) is 22.8 Å². The molecule has 0 aromatic heterocycles. The van der Waals surface area contributed by atoms with E-state index in [2.05, 4.69) is 16.6 Å². The van der Waals surface area contributed by atoms with Gasteiger partial charge in [-0.3, -0.25) is 24.0 Å². The number of nitrogens with two attached hydrogens (primary N) is 1. The third kappa shape index (κ3) is 4.83. The molecule has 0 spiro atoms. The van der Waals surface area contributed by atoms with Crippen molar-refractivity contribution in [3.05, 3.63) is 81.3 Å². The Labute approximate surface area is 247 Å². The summed E-state index contributed by atoms with van der Waals surface area (Å²) < 4.78 is 25.3. The zero-order valence-electron chi connectivity index (χ0n) is 23.4. The molecule has 7 N–H and O–H groups in total. The van der Waals surface area contributed by atoms with Crippen molar-refractivity contribution >= 4 is 33.2 Å². The molecule has 3 aliphatic carbocycles. The van der Waals surface area contributed by atoms with E-state index in [9.17, 15) is 43.2 Å². The highest BCUT2D eigenvalue weighted by Gasteiger charge is 2.63. The first kappa shape index (κ1) is 29.8. The van der Waals surface area contributed by atoms with Gasteiger partial charge in [-0.05, 0) is 74.8 Å². The van der Waals surface area contributed by atoms with Crippen LogP contribution in [-0.4, -0.2) is 83.2 Å². The largest absolute Gasteiger partial charge is 0.510 e. The molecule has 4 atom stereocenters. The molecule has 4 unspecified atom stereocenters. The van der Waals surface area contributed by atoms with Crippen LogP contribution in [-0.2, 0) is 26.0 Å². The molecule has 1 amide bonds. The first-order valence-corrected chi connectivity index (χ1v) is 15.0. The van der Waals surface area contributed by atoms with E-state index < -0.39 is 68.1 Å².